The maximum Gasteiger partial charge on any atom is 0.211 e. The Bertz CT molecular complexity index is 594. The van der Waals surface area contributed by atoms with E-state index in [4.69, 9.17) is 0 Å². The molecule has 19 heavy (non-hydrogen) atoms. The number of aromatic nitrogens is 2. The minimum atomic E-state index is -3.18. The van der Waals surface area contributed by atoms with Crippen molar-refractivity contribution in [2.45, 2.75) is 52.6 Å². The summed E-state index contributed by atoms with van der Waals surface area (Å²) < 4.78 is 24.8. The van der Waals surface area contributed by atoms with E-state index in [0.717, 1.165) is 22.8 Å². The number of hydrogen-bond donors (Lipinski definition) is 0. The molecule has 6 heteroatoms. The van der Waals surface area contributed by atoms with Crippen LogP contribution in [-0.4, -0.2) is 28.9 Å². The van der Waals surface area contributed by atoms with Crippen molar-refractivity contribution in [3.05, 3.63) is 22.8 Å². The normalized spacial score (nSPS) is 16.4. The first-order valence-corrected chi connectivity index (χ1v) is 8.39. The fourth-order valence-electron chi connectivity index (χ4n) is 2.24. The molecule has 2 heterocycles. The number of sulfonamides is 1. The highest BCUT2D eigenvalue weighted by molar-refractivity contribution is 7.88. The smallest absolute Gasteiger partial charge is 0.211 e. The van der Waals surface area contributed by atoms with Gasteiger partial charge >= 0.3 is 0 Å². The van der Waals surface area contributed by atoms with E-state index in [1.807, 2.05) is 0 Å². The molecule has 1 aromatic heterocycles. The number of fused-ring (bicyclic) bond motifs is 1. The first-order valence-electron chi connectivity index (χ1n) is 6.54. The predicted molar refractivity (Wildman–Crippen MR) is 74.3 cm³/mol. The van der Waals surface area contributed by atoms with Gasteiger partial charge in [0.1, 0.15) is 5.82 Å². The van der Waals surface area contributed by atoms with Crippen LogP contribution in [0.1, 0.15) is 62.3 Å². The molecule has 1 aromatic rings. The van der Waals surface area contributed by atoms with Crippen LogP contribution in [0.5, 0.6) is 0 Å². The van der Waals surface area contributed by atoms with Gasteiger partial charge in [0.15, 0.2) is 0 Å². The lowest BCUT2D eigenvalue weighted by Crippen LogP contribution is -2.24. The molecule has 0 atom stereocenters. The maximum absolute atomic E-state index is 11.7. The highest BCUT2D eigenvalue weighted by Crippen LogP contribution is 2.30. The lowest BCUT2D eigenvalue weighted by atomic mass is 10.0. The molecule has 0 unspecified atom stereocenters. The van der Waals surface area contributed by atoms with Crippen molar-refractivity contribution in [2.75, 3.05) is 6.26 Å². The first kappa shape index (κ1) is 14.4. The van der Waals surface area contributed by atoms with E-state index in [0.29, 0.717) is 13.1 Å². The third-order valence-electron chi connectivity index (χ3n) is 3.33. The highest BCUT2D eigenvalue weighted by atomic mass is 32.2. The summed E-state index contributed by atoms with van der Waals surface area (Å²) in [7, 11) is -3.18. The monoisotopic (exact) mass is 283 g/mol. The third-order valence-corrected chi connectivity index (χ3v) is 4.53. The van der Waals surface area contributed by atoms with Gasteiger partial charge in [0.2, 0.25) is 10.0 Å². The van der Waals surface area contributed by atoms with Gasteiger partial charge in [-0.25, -0.2) is 18.4 Å². The molecule has 106 valence electrons. The van der Waals surface area contributed by atoms with E-state index in [1.165, 1.54) is 10.6 Å². The van der Waals surface area contributed by atoms with E-state index >= 15 is 0 Å². The molecule has 2 rings (SSSR count). The maximum atomic E-state index is 11.7. The largest absolute Gasteiger partial charge is 0.237 e. The summed E-state index contributed by atoms with van der Waals surface area (Å²) in [6.45, 7) is 9.03. The van der Waals surface area contributed by atoms with Gasteiger partial charge in [-0.2, -0.15) is 4.31 Å². The molecule has 0 amide bonds. The Morgan fingerprint density at radius 1 is 1.05 bits per heavy atom. The summed E-state index contributed by atoms with van der Waals surface area (Å²) in [5, 5.41) is 0. The third kappa shape index (κ3) is 2.79. The Morgan fingerprint density at radius 3 is 2.16 bits per heavy atom. The zero-order valence-electron chi connectivity index (χ0n) is 12.1. The standard InChI is InChI=1S/C13H21N3O2S/c1-8(2)12-10-6-16(19(5,17)18)7-11(10)14-13(15-12)9(3)4/h8-9H,6-7H2,1-5H3. The van der Waals surface area contributed by atoms with Crippen molar-refractivity contribution < 1.29 is 8.42 Å². The average Bonchev–Trinajstić information content (AvgIpc) is 2.70. The van der Waals surface area contributed by atoms with Crippen LogP contribution in [-0.2, 0) is 23.1 Å². The summed E-state index contributed by atoms with van der Waals surface area (Å²) >= 11 is 0. The van der Waals surface area contributed by atoms with Gasteiger partial charge in [0.25, 0.3) is 0 Å². The lowest BCUT2D eigenvalue weighted by Gasteiger charge is -2.14. The number of nitrogens with zero attached hydrogens (tertiary/aromatic N) is 3. The molecular formula is C13H21N3O2S. The summed E-state index contributed by atoms with van der Waals surface area (Å²) in [4.78, 5) is 9.17. The van der Waals surface area contributed by atoms with Crippen LogP contribution in [0.4, 0.5) is 0 Å². The molecule has 0 bridgehead atoms. The van der Waals surface area contributed by atoms with Crippen LogP contribution in [0.2, 0.25) is 0 Å². The van der Waals surface area contributed by atoms with Gasteiger partial charge in [0.05, 0.1) is 24.2 Å². The Labute approximate surface area is 115 Å². The van der Waals surface area contributed by atoms with Gasteiger partial charge in [-0.15, -0.1) is 0 Å². The topological polar surface area (TPSA) is 63.2 Å². The van der Waals surface area contributed by atoms with Crippen LogP contribution < -0.4 is 0 Å². The molecule has 1 aliphatic rings. The predicted octanol–water partition coefficient (Wildman–Crippen LogP) is 2.00. The Kier molecular flexibility index (Phi) is 3.66. The van der Waals surface area contributed by atoms with E-state index in [1.54, 1.807) is 0 Å². The van der Waals surface area contributed by atoms with Gasteiger partial charge in [-0.3, -0.25) is 0 Å². The second kappa shape index (κ2) is 4.83. The van der Waals surface area contributed by atoms with Crippen molar-refractivity contribution in [2.24, 2.45) is 0 Å². The first-order chi connectivity index (χ1) is 8.70. The Balaban J connectivity index is 2.51. The molecule has 0 fully saturated rings. The Hall–Kier alpha value is -1.01. The van der Waals surface area contributed by atoms with Crippen molar-refractivity contribution in [3.63, 3.8) is 0 Å². The van der Waals surface area contributed by atoms with Crippen LogP contribution in [0, 0.1) is 0 Å². The Morgan fingerprint density at radius 2 is 1.68 bits per heavy atom. The molecule has 0 saturated heterocycles. The van der Waals surface area contributed by atoms with Crippen LogP contribution in [0.3, 0.4) is 0 Å². The van der Waals surface area contributed by atoms with E-state index < -0.39 is 10.0 Å². The van der Waals surface area contributed by atoms with Crippen molar-refractivity contribution in [1.82, 2.24) is 14.3 Å². The molecule has 0 aromatic carbocycles. The van der Waals surface area contributed by atoms with E-state index in [-0.39, 0.29) is 11.8 Å². The van der Waals surface area contributed by atoms with Gasteiger partial charge in [0, 0.05) is 18.0 Å². The summed E-state index contributed by atoms with van der Waals surface area (Å²) in [5.41, 5.74) is 2.84. The van der Waals surface area contributed by atoms with Crippen molar-refractivity contribution in [1.29, 1.82) is 0 Å². The van der Waals surface area contributed by atoms with Crippen molar-refractivity contribution in [3.8, 4) is 0 Å². The molecule has 5 nitrogen and oxygen atoms in total. The van der Waals surface area contributed by atoms with E-state index in [2.05, 4.69) is 37.7 Å². The van der Waals surface area contributed by atoms with Crippen molar-refractivity contribution >= 4 is 10.0 Å². The fraction of sp³-hybridized carbons (Fsp3) is 0.692. The summed E-state index contributed by atoms with van der Waals surface area (Å²) in [6, 6.07) is 0. The van der Waals surface area contributed by atoms with Crippen LogP contribution in [0.25, 0.3) is 0 Å². The molecule has 0 N–H and O–H groups in total. The van der Waals surface area contributed by atoms with Crippen LogP contribution >= 0.6 is 0 Å². The molecule has 0 spiro atoms. The summed E-state index contributed by atoms with van der Waals surface area (Å²) in [5.74, 6) is 1.32. The van der Waals surface area contributed by atoms with Gasteiger partial charge in [-0.05, 0) is 5.92 Å². The molecule has 0 radical (unpaired) electrons. The van der Waals surface area contributed by atoms with Gasteiger partial charge in [-0.1, -0.05) is 27.7 Å². The highest BCUT2D eigenvalue weighted by Gasteiger charge is 2.31. The molecule has 0 aliphatic carbocycles. The molecular weight excluding hydrogens is 262 g/mol. The zero-order chi connectivity index (χ0) is 14.4. The molecule has 0 saturated carbocycles. The van der Waals surface area contributed by atoms with Gasteiger partial charge < -0.3 is 0 Å². The average molecular weight is 283 g/mol. The SMILES string of the molecule is CC(C)c1nc2c(c(C(C)C)n1)CN(S(C)(=O)=O)C2. The zero-order valence-corrected chi connectivity index (χ0v) is 13.0. The second-order valence-corrected chi connectivity index (χ2v) is 7.72. The van der Waals surface area contributed by atoms with E-state index in [9.17, 15) is 8.42 Å². The molecule has 1 aliphatic heterocycles. The fourth-order valence-corrected chi connectivity index (χ4v) is 2.96. The summed E-state index contributed by atoms with van der Waals surface area (Å²) in [6.07, 6.45) is 1.24. The van der Waals surface area contributed by atoms with Crippen LogP contribution in [0.15, 0.2) is 0 Å². The second-order valence-electron chi connectivity index (χ2n) is 5.73. The lowest BCUT2D eigenvalue weighted by molar-refractivity contribution is 0.433. The minimum Gasteiger partial charge on any atom is -0.237 e. The quantitative estimate of drug-likeness (QED) is 0.851. The number of hydrogen-bond acceptors (Lipinski definition) is 4. The minimum absolute atomic E-state index is 0.245. The number of rotatable bonds is 3.